The SMILES string of the molecule is CCN1C2=C(C(=O)CC(C)(C)C2)C(c2ccccc2OS(=O)(=O)c2ccc(C)cc2)C2=C1CC(C)(C)CC2=O. The van der Waals surface area contributed by atoms with E-state index in [9.17, 15) is 18.0 Å². The lowest BCUT2D eigenvalue weighted by Gasteiger charge is -2.49. The van der Waals surface area contributed by atoms with Crippen LogP contribution in [0.2, 0.25) is 0 Å². The van der Waals surface area contributed by atoms with Gasteiger partial charge in [0.25, 0.3) is 0 Å². The van der Waals surface area contributed by atoms with Crippen molar-refractivity contribution < 1.29 is 22.2 Å². The predicted octanol–water partition coefficient (Wildman–Crippen LogP) is 6.47. The molecule has 1 heterocycles. The average Bonchev–Trinajstić information content (AvgIpc) is 2.82. The van der Waals surface area contributed by atoms with Gasteiger partial charge in [-0.1, -0.05) is 63.6 Å². The number of Topliss-reactive ketones (excluding diaryl/α,β-unsaturated/α-hetero) is 2. The van der Waals surface area contributed by atoms with E-state index in [1.165, 1.54) is 12.1 Å². The molecule has 0 saturated carbocycles. The van der Waals surface area contributed by atoms with Crippen LogP contribution in [0.5, 0.6) is 5.75 Å². The quantitative estimate of drug-likeness (QED) is 0.399. The van der Waals surface area contributed by atoms with Gasteiger partial charge in [0.1, 0.15) is 10.6 Å². The summed E-state index contributed by atoms with van der Waals surface area (Å²) in [5, 5.41) is 0. The molecule has 0 fully saturated rings. The summed E-state index contributed by atoms with van der Waals surface area (Å²) in [6.07, 6.45) is 2.14. The van der Waals surface area contributed by atoms with Crippen molar-refractivity contribution in [1.82, 2.24) is 4.90 Å². The lowest BCUT2D eigenvalue weighted by atomic mass is 9.63. The lowest BCUT2D eigenvalue weighted by Crippen LogP contribution is -2.44. The Morgan fingerprint density at radius 1 is 0.821 bits per heavy atom. The van der Waals surface area contributed by atoms with Gasteiger partial charge in [0.2, 0.25) is 0 Å². The van der Waals surface area contributed by atoms with Gasteiger partial charge < -0.3 is 9.08 Å². The van der Waals surface area contributed by atoms with Crippen molar-refractivity contribution in [2.45, 2.75) is 78.0 Å². The van der Waals surface area contributed by atoms with Crippen molar-refractivity contribution in [3.63, 3.8) is 0 Å². The number of ketones is 2. The van der Waals surface area contributed by atoms with Crippen LogP contribution in [-0.4, -0.2) is 31.4 Å². The fourth-order valence-corrected chi connectivity index (χ4v) is 7.36. The Morgan fingerprint density at radius 2 is 1.33 bits per heavy atom. The smallest absolute Gasteiger partial charge is 0.339 e. The fraction of sp³-hybridized carbons (Fsp3) is 0.438. The van der Waals surface area contributed by atoms with Gasteiger partial charge in [0.15, 0.2) is 11.6 Å². The minimum Gasteiger partial charge on any atom is -0.379 e. The van der Waals surface area contributed by atoms with Crippen molar-refractivity contribution in [3.8, 4) is 5.75 Å². The number of rotatable bonds is 5. The lowest BCUT2D eigenvalue weighted by molar-refractivity contribution is -0.119. The van der Waals surface area contributed by atoms with Gasteiger partial charge in [-0.05, 0) is 55.7 Å². The first-order valence-electron chi connectivity index (χ1n) is 13.6. The van der Waals surface area contributed by atoms with Crippen LogP contribution in [0.4, 0.5) is 0 Å². The molecule has 7 heteroatoms. The van der Waals surface area contributed by atoms with E-state index in [4.69, 9.17) is 4.18 Å². The van der Waals surface area contributed by atoms with Gasteiger partial charge >= 0.3 is 10.1 Å². The maximum Gasteiger partial charge on any atom is 0.339 e. The Balaban J connectivity index is 1.72. The van der Waals surface area contributed by atoms with Gasteiger partial charge in [-0.2, -0.15) is 8.42 Å². The predicted molar refractivity (Wildman–Crippen MR) is 151 cm³/mol. The van der Waals surface area contributed by atoms with Gasteiger partial charge in [-0.3, -0.25) is 9.59 Å². The summed E-state index contributed by atoms with van der Waals surface area (Å²) >= 11 is 0. The second kappa shape index (κ2) is 9.47. The normalized spacial score (nSPS) is 21.1. The Labute approximate surface area is 231 Å². The molecule has 2 aromatic carbocycles. The monoisotopic (exact) mass is 547 g/mol. The zero-order valence-corrected chi connectivity index (χ0v) is 24.4. The Hall–Kier alpha value is -3.19. The highest BCUT2D eigenvalue weighted by Crippen LogP contribution is 2.55. The number of hydrogen-bond acceptors (Lipinski definition) is 6. The molecule has 0 aromatic heterocycles. The summed E-state index contributed by atoms with van der Waals surface area (Å²) in [5.74, 6) is -0.522. The van der Waals surface area contributed by atoms with E-state index in [0.29, 0.717) is 48.9 Å². The first-order chi connectivity index (χ1) is 18.2. The number of nitrogens with zero attached hydrogens (tertiary/aromatic N) is 1. The van der Waals surface area contributed by atoms with Crippen LogP contribution < -0.4 is 4.18 Å². The van der Waals surface area contributed by atoms with Crippen molar-refractivity contribution in [2.75, 3.05) is 6.54 Å². The molecule has 0 atom stereocenters. The summed E-state index contributed by atoms with van der Waals surface area (Å²) in [7, 11) is -4.14. The molecule has 0 amide bonds. The molecule has 0 unspecified atom stereocenters. The number of benzene rings is 2. The van der Waals surface area contributed by atoms with Gasteiger partial charge in [0.05, 0.1) is 0 Å². The summed E-state index contributed by atoms with van der Waals surface area (Å²) in [6, 6.07) is 13.4. The summed E-state index contributed by atoms with van der Waals surface area (Å²) in [5.41, 5.74) is 4.14. The van der Waals surface area contributed by atoms with E-state index in [0.717, 1.165) is 17.0 Å². The number of carbonyl (C=O) groups excluding carboxylic acids is 2. The van der Waals surface area contributed by atoms with Crippen LogP contribution in [0.1, 0.15) is 77.3 Å². The van der Waals surface area contributed by atoms with Crippen molar-refractivity contribution in [1.29, 1.82) is 0 Å². The van der Waals surface area contributed by atoms with E-state index in [1.54, 1.807) is 30.3 Å². The molecule has 2 aromatic rings. The number of para-hydroxylation sites is 1. The molecular weight excluding hydrogens is 510 g/mol. The standard InChI is InChI=1S/C32H37NO5S/c1-7-33-23-16-31(3,4)18-25(34)29(23)28(30-24(33)17-32(5,6)19-26(30)35)22-10-8-9-11-27(22)38-39(36,37)21-14-12-20(2)13-15-21/h8-15,28H,7,16-19H2,1-6H3. The van der Waals surface area contributed by atoms with Crippen LogP contribution in [0, 0.1) is 17.8 Å². The summed E-state index contributed by atoms with van der Waals surface area (Å²) < 4.78 is 32.4. The van der Waals surface area contributed by atoms with Crippen LogP contribution in [0.25, 0.3) is 0 Å². The van der Waals surface area contributed by atoms with Gasteiger partial charge in [0, 0.05) is 53.4 Å². The number of carbonyl (C=O) groups is 2. The Morgan fingerprint density at radius 3 is 1.85 bits per heavy atom. The van der Waals surface area contributed by atoms with Crippen molar-refractivity contribution >= 4 is 21.7 Å². The van der Waals surface area contributed by atoms with Gasteiger partial charge in [-0.25, -0.2) is 0 Å². The molecule has 39 heavy (non-hydrogen) atoms. The first-order valence-corrected chi connectivity index (χ1v) is 15.0. The van der Waals surface area contributed by atoms with E-state index >= 15 is 0 Å². The molecule has 0 radical (unpaired) electrons. The highest BCUT2D eigenvalue weighted by atomic mass is 32.2. The third kappa shape index (κ3) is 4.97. The summed E-state index contributed by atoms with van der Waals surface area (Å²) in [4.78, 5) is 30.0. The first kappa shape index (κ1) is 27.4. The highest BCUT2D eigenvalue weighted by Gasteiger charge is 2.49. The fourth-order valence-electron chi connectivity index (χ4n) is 6.41. The molecule has 206 valence electrons. The summed E-state index contributed by atoms with van der Waals surface area (Å²) in [6.45, 7) is 13.0. The maximum atomic E-state index is 13.9. The minimum absolute atomic E-state index is 0.00470. The molecule has 0 bridgehead atoms. The van der Waals surface area contributed by atoms with Crippen LogP contribution >= 0.6 is 0 Å². The second-order valence-corrected chi connectivity index (χ2v) is 14.2. The minimum atomic E-state index is -4.14. The molecule has 2 aliphatic carbocycles. The zero-order valence-electron chi connectivity index (χ0n) is 23.6. The van der Waals surface area contributed by atoms with Crippen LogP contribution in [-0.2, 0) is 19.7 Å². The number of hydrogen-bond donors (Lipinski definition) is 0. The average molecular weight is 548 g/mol. The van der Waals surface area contributed by atoms with Gasteiger partial charge in [-0.15, -0.1) is 0 Å². The second-order valence-electron chi connectivity index (χ2n) is 12.7. The molecule has 5 rings (SSSR count). The topological polar surface area (TPSA) is 80.8 Å². The van der Waals surface area contributed by atoms with E-state index in [1.807, 2.05) is 13.0 Å². The maximum absolute atomic E-state index is 13.9. The third-order valence-electron chi connectivity index (χ3n) is 8.08. The Kier molecular flexibility index (Phi) is 6.65. The Bertz CT molecular complexity index is 1470. The molecule has 3 aliphatic rings. The van der Waals surface area contributed by atoms with Crippen molar-refractivity contribution in [2.24, 2.45) is 10.8 Å². The number of allylic oxidation sites excluding steroid dienone is 4. The highest BCUT2D eigenvalue weighted by molar-refractivity contribution is 7.87. The van der Waals surface area contributed by atoms with Crippen LogP contribution in [0.15, 0.2) is 76.0 Å². The van der Waals surface area contributed by atoms with E-state index in [-0.39, 0.29) is 33.0 Å². The number of aryl methyl sites for hydroxylation is 1. The molecule has 1 aliphatic heterocycles. The molecular formula is C32H37NO5S. The van der Waals surface area contributed by atoms with Crippen molar-refractivity contribution in [3.05, 3.63) is 82.2 Å². The van der Waals surface area contributed by atoms with E-state index in [2.05, 4.69) is 39.5 Å². The van der Waals surface area contributed by atoms with Crippen LogP contribution in [0.3, 0.4) is 0 Å². The molecule has 6 nitrogen and oxygen atoms in total. The largest absolute Gasteiger partial charge is 0.379 e. The van der Waals surface area contributed by atoms with E-state index < -0.39 is 16.0 Å². The zero-order chi connectivity index (χ0) is 28.3. The molecule has 0 saturated heterocycles. The molecule has 0 N–H and O–H groups in total. The molecule has 0 spiro atoms. The third-order valence-corrected chi connectivity index (χ3v) is 9.33.